The molecule has 0 aromatic rings. The molecule has 1 fully saturated rings. The molecule has 1 unspecified atom stereocenters. The van der Waals surface area contributed by atoms with Gasteiger partial charge >= 0.3 is 5.97 Å². The number of carboxylic acid groups (broad SMARTS) is 1. The van der Waals surface area contributed by atoms with Crippen LogP contribution in [0.3, 0.4) is 0 Å². The van der Waals surface area contributed by atoms with Crippen LogP contribution in [-0.4, -0.2) is 35.0 Å². The first-order chi connectivity index (χ1) is 6.02. The molecule has 4 nitrogen and oxygen atoms in total. The van der Waals surface area contributed by atoms with Crippen LogP contribution in [0.4, 0.5) is 0 Å². The third kappa shape index (κ3) is 2.20. The van der Waals surface area contributed by atoms with Gasteiger partial charge in [-0.15, -0.1) is 0 Å². The highest BCUT2D eigenvalue weighted by molar-refractivity contribution is 6.01. The molecule has 1 aliphatic rings. The molecule has 1 N–H and O–H groups in total. The minimum atomic E-state index is -0.995. The van der Waals surface area contributed by atoms with Crippen molar-refractivity contribution in [2.75, 3.05) is 13.1 Å². The van der Waals surface area contributed by atoms with Crippen LogP contribution < -0.4 is 0 Å². The Morgan fingerprint density at radius 1 is 1.69 bits per heavy atom. The van der Waals surface area contributed by atoms with Gasteiger partial charge in [0.1, 0.15) is 0 Å². The summed E-state index contributed by atoms with van der Waals surface area (Å²) in [6, 6.07) is 0. The van der Waals surface area contributed by atoms with Crippen LogP contribution in [0.25, 0.3) is 0 Å². The van der Waals surface area contributed by atoms with E-state index in [0.29, 0.717) is 19.0 Å². The van der Waals surface area contributed by atoms with E-state index in [0.717, 1.165) is 6.42 Å². The van der Waals surface area contributed by atoms with Crippen LogP contribution in [0.1, 0.15) is 20.3 Å². The van der Waals surface area contributed by atoms with Gasteiger partial charge in [-0.25, -0.2) is 0 Å². The number of carbonyl (C=O) groups is 2. The zero-order chi connectivity index (χ0) is 10.0. The van der Waals surface area contributed by atoms with E-state index >= 15 is 0 Å². The molecule has 13 heavy (non-hydrogen) atoms. The predicted octanol–water partition coefficient (Wildman–Crippen LogP) is 0.576. The molecular formula is C9H15NO3. The summed E-state index contributed by atoms with van der Waals surface area (Å²) < 4.78 is 0. The van der Waals surface area contributed by atoms with E-state index in [1.807, 2.05) is 0 Å². The van der Waals surface area contributed by atoms with E-state index in [1.165, 1.54) is 0 Å². The molecule has 1 atom stereocenters. The molecule has 0 aromatic heterocycles. The van der Waals surface area contributed by atoms with E-state index in [-0.39, 0.29) is 5.91 Å². The SMILES string of the molecule is CC(C)CCN1CC(C(=O)O)C1=O. The first kappa shape index (κ1) is 10.0. The predicted molar refractivity (Wildman–Crippen MR) is 47.2 cm³/mol. The Kier molecular flexibility index (Phi) is 2.90. The van der Waals surface area contributed by atoms with Crippen molar-refractivity contribution in [2.45, 2.75) is 20.3 Å². The lowest BCUT2D eigenvalue weighted by molar-refractivity contribution is -0.162. The molecule has 0 saturated carbocycles. The normalized spacial score (nSPS) is 21.9. The second kappa shape index (κ2) is 3.77. The lowest BCUT2D eigenvalue weighted by Crippen LogP contribution is -2.55. The highest BCUT2D eigenvalue weighted by Crippen LogP contribution is 2.18. The quantitative estimate of drug-likeness (QED) is 0.514. The largest absolute Gasteiger partial charge is 0.481 e. The van der Waals surface area contributed by atoms with Gasteiger partial charge in [0.05, 0.1) is 0 Å². The number of amides is 1. The molecule has 4 heteroatoms. The molecule has 0 bridgehead atoms. The third-order valence-corrected chi connectivity index (χ3v) is 2.29. The molecule has 74 valence electrons. The Morgan fingerprint density at radius 3 is 2.69 bits per heavy atom. The topological polar surface area (TPSA) is 57.6 Å². The van der Waals surface area contributed by atoms with Crippen molar-refractivity contribution in [1.29, 1.82) is 0 Å². The van der Waals surface area contributed by atoms with Gasteiger partial charge in [-0.05, 0) is 12.3 Å². The Labute approximate surface area is 77.5 Å². The summed E-state index contributed by atoms with van der Waals surface area (Å²) in [5.41, 5.74) is 0. The Morgan fingerprint density at radius 2 is 2.31 bits per heavy atom. The summed E-state index contributed by atoms with van der Waals surface area (Å²) in [7, 11) is 0. The smallest absolute Gasteiger partial charge is 0.317 e. The lowest BCUT2D eigenvalue weighted by atomic mass is 9.98. The van der Waals surface area contributed by atoms with Gasteiger partial charge < -0.3 is 10.0 Å². The van der Waals surface area contributed by atoms with Crippen molar-refractivity contribution >= 4 is 11.9 Å². The van der Waals surface area contributed by atoms with Crippen molar-refractivity contribution in [3.63, 3.8) is 0 Å². The van der Waals surface area contributed by atoms with Gasteiger partial charge in [0, 0.05) is 13.1 Å². The maximum absolute atomic E-state index is 11.2. The molecule has 0 radical (unpaired) electrons. The van der Waals surface area contributed by atoms with Crippen molar-refractivity contribution in [3.8, 4) is 0 Å². The zero-order valence-corrected chi connectivity index (χ0v) is 7.99. The lowest BCUT2D eigenvalue weighted by Gasteiger charge is -2.36. The summed E-state index contributed by atoms with van der Waals surface area (Å²) in [6.45, 7) is 5.25. The summed E-state index contributed by atoms with van der Waals surface area (Å²) >= 11 is 0. The number of aliphatic carboxylic acids is 1. The van der Waals surface area contributed by atoms with Crippen LogP contribution in [0.5, 0.6) is 0 Å². The number of carboxylic acids is 1. The molecule has 0 spiro atoms. The second-order valence-electron chi connectivity index (χ2n) is 3.86. The summed E-state index contributed by atoms with van der Waals surface area (Å²) in [5.74, 6) is -1.44. The van der Waals surface area contributed by atoms with E-state index in [1.54, 1.807) is 4.90 Å². The molecule has 1 aliphatic heterocycles. The number of β-lactam (4-membered cyclic amide) rings is 1. The maximum atomic E-state index is 11.2. The number of nitrogens with zero attached hydrogens (tertiary/aromatic N) is 1. The zero-order valence-electron chi connectivity index (χ0n) is 7.99. The minimum Gasteiger partial charge on any atom is -0.481 e. The van der Waals surface area contributed by atoms with Crippen LogP contribution in [0.15, 0.2) is 0 Å². The first-order valence-electron chi connectivity index (χ1n) is 4.54. The van der Waals surface area contributed by atoms with Crippen LogP contribution in [0, 0.1) is 11.8 Å². The fourth-order valence-corrected chi connectivity index (χ4v) is 1.30. The fraction of sp³-hybridized carbons (Fsp3) is 0.778. The van der Waals surface area contributed by atoms with E-state index in [9.17, 15) is 9.59 Å². The highest BCUT2D eigenvalue weighted by Gasteiger charge is 2.41. The molecule has 0 aromatic carbocycles. The van der Waals surface area contributed by atoms with Gasteiger partial charge in [0.2, 0.25) is 5.91 Å². The van der Waals surface area contributed by atoms with Crippen LogP contribution >= 0.6 is 0 Å². The van der Waals surface area contributed by atoms with Gasteiger partial charge in [-0.3, -0.25) is 9.59 Å². The maximum Gasteiger partial charge on any atom is 0.317 e. The van der Waals surface area contributed by atoms with E-state index < -0.39 is 11.9 Å². The minimum absolute atomic E-state index is 0.229. The van der Waals surface area contributed by atoms with Crippen molar-refractivity contribution < 1.29 is 14.7 Å². The average Bonchev–Trinajstić information content (AvgIpc) is 2.00. The van der Waals surface area contributed by atoms with Gasteiger partial charge in [-0.1, -0.05) is 13.8 Å². The Balaban J connectivity index is 2.28. The summed E-state index contributed by atoms with van der Waals surface area (Å²) in [5, 5.41) is 8.55. The number of likely N-dealkylation sites (tertiary alicyclic amines) is 1. The highest BCUT2D eigenvalue weighted by atomic mass is 16.4. The van der Waals surface area contributed by atoms with Gasteiger partial charge in [-0.2, -0.15) is 0 Å². The fourth-order valence-electron chi connectivity index (χ4n) is 1.30. The average molecular weight is 185 g/mol. The van der Waals surface area contributed by atoms with Crippen molar-refractivity contribution in [3.05, 3.63) is 0 Å². The molecular weight excluding hydrogens is 170 g/mol. The van der Waals surface area contributed by atoms with E-state index in [4.69, 9.17) is 5.11 Å². The standard InChI is InChI=1S/C9H15NO3/c1-6(2)3-4-10-5-7(8(10)11)9(12)13/h6-7H,3-5H2,1-2H3,(H,12,13). The molecule has 1 saturated heterocycles. The second-order valence-corrected chi connectivity index (χ2v) is 3.86. The van der Waals surface area contributed by atoms with Gasteiger partial charge in [0.15, 0.2) is 5.92 Å². The number of hydrogen-bond donors (Lipinski definition) is 1. The third-order valence-electron chi connectivity index (χ3n) is 2.29. The molecule has 1 heterocycles. The molecule has 1 rings (SSSR count). The van der Waals surface area contributed by atoms with Crippen molar-refractivity contribution in [1.82, 2.24) is 4.90 Å². The Bertz CT molecular complexity index is 225. The van der Waals surface area contributed by atoms with E-state index in [2.05, 4.69) is 13.8 Å². The summed E-state index contributed by atoms with van der Waals surface area (Å²) in [4.78, 5) is 23.2. The van der Waals surface area contributed by atoms with Crippen LogP contribution in [0.2, 0.25) is 0 Å². The van der Waals surface area contributed by atoms with Crippen LogP contribution in [-0.2, 0) is 9.59 Å². The molecule has 1 amide bonds. The monoisotopic (exact) mass is 185 g/mol. The number of hydrogen-bond acceptors (Lipinski definition) is 2. The number of rotatable bonds is 4. The summed E-state index contributed by atoms with van der Waals surface area (Å²) in [6.07, 6.45) is 0.943. The van der Waals surface area contributed by atoms with Crippen molar-refractivity contribution in [2.24, 2.45) is 11.8 Å². The first-order valence-corrected chi connectivity index (χ1v) is 4.54. The van der Waals surface area contributed by atoms with Gasteiger partial charge in [0.25, 0.3) is 0 Å². The molecule has 0 aliphatic carbocycles. The Hall–Kier alpha value is -1.06. The number of carbonyl (C=O) groups excluding carboxylic acids is 1.